The minimum atomic E-state index is -0.226. The van der Waals surface area contributed by atoms with Gasteiger partial charge in [0.2, 0.25) is 0 Å². The summed E-state index contributed by atoms with van der Waals surface area (Å²) in [4.78, 5) is 14.5. The molecule has 1 heterocycles. The molecule has 2 rings (SSSR count). The Morgan fingerprint density at radius 2 is 1.86 bits per heavy atom. The topological polar surface area (TPSA) is 29.5 Å². The second-order valence-corrected chi connectivity index (χ2v) is 7.07. The Bertz CT molecular complexity index is 448. The maximum Gasteiger partial charge on any atom is 0.338 e. The molecule has 1 aromatic carbocycles. The van der Waals surface area contributed by atoms with Crippen molar-refractivity contribution >= 4 is 5.97 Å². The number of ether oxygens (including phenoxy) is 1. The predicted octanol–water partition coefficient (Wildman–Crippen LogP) is 3.60. The van der Waals surface area contributed by atoms with Gasteiger partial charge in [0, 0.05) is 12.0 Å². The van der Waals surface area contributed by atoms with Gasteiger partial charge in [0.1, 0.15) is 0 Å². The van der Waals surface area contributed by atoms with Crippen molar-refractivity contribution in [2.24, 2.45) is 11.3 Å². The Morgan fingerprint density at radius 1 is 1.24 bits per heavy atom. The first-order valence-corrected chi connectivity index (χ1v) is 7.91. The van der Waals surface area contributed by atoms with E-state index >= 15 is 0 Å². The average Bonchev–Trinajstić information content (AvgIpc) is 2.48. The van der Waals surface area contributed by atoms with Crippen molar-refractivity contribution in [3.63, 3.8) is 0 Å². The molecule has 0 aliphatic carbocycles. The maximum atomic E-state index is 12.0. The molecular formula is C18H27NO2. The van der Waals surface area contributed by atoms with Gasteiger partial charge >= 0.3 is 5.97 Å². The third kappa shape index (κ3) is 5.16. The molecule has 1 saturated heterocycles. The average molecular weight is 289 g/mol. The van der Waals surface area contributed by atoms with Gasteiger partial charge in [-0.2, -0.15) is 0 Å². The van der Waals surface area contributed by atoms with Crippen molar-refractivity contribution in [2.45, 2.75) is 33.6 Å². The van der Waals surface area contributed by atoms with Crippen molar-refractivity contribution < 1.29 is 9.53 Å². The van der Waals surface area contributed by atoms with Gasteiger partial charge in [-0.25, -0.2) is 4.79 Å². The lowest BCUT2D eigenvalue weighted by molar-refractivity contribution is 0.0238. The summed E-state index contributed by atoms with van der Waals surface area (Å²) in [5.41, 5.74) is 0.616. The first kappa shape index (κ1) is 16.0. The number of carbonyl (C=O) groups excluding carboxylic acids is 1. The lowest BCUT2D eigenvalue weighted by Crippen LogP contribution is -2.41. The molecule has 0 bridgehead atoms. The minimum Gasteiger partial charge on any atom is -0.461 e. The molecule has 1 fully saturated rings. The lowest BCUT2D eigenvalue weighted by Gasteiger charge is -2.36. The van der Waals surface area contributed by atoms with E-state index in [4.69, 9.17) is 4.74 Å². The van der Waals surface area contributed by atoms with E-state index in [0.29, 0.717) is 12.2 Å². The van der Waals surface area contributed by atoms with Crippen molar-refractivity contribution in [3.05, 3.63) is 35.9 Å². The quantitative estimate of drug-likeness (QED) is 0.776. The number of esters is 1. The van der Waals surface area contributed by atoms with E-state index in [0.717, 1.165) is 25.6 Å². The molecule has 116 valence electrons. The number of benzene rings is 1. The first-order chi connectivity index (χ1) is 9.96. The van der Waals surface area contributed by atoms with Crippen molar-refractivity contribution in [1.29, 1.82) is 0 Å². The molecular weight excluding hydrogens is 262 g/mol. The van der Waals surface area contributed by atoms with Crippen LogP contribution in [0.25, 0.3) is 0 Å². The summed E-state index contributed by atoms with van der Waals surface area (Å²) in [5, 5.41) is 0. The summed E-state index contributed by atoms with van der Waals surface area (Å²) >= 11 is 0. The van der Waals surface area contributed by atoms with Crippen LogP contribution in [0.3, 0.4) is 0 Å². The van der Waals surface area contributed by atoms with E-state index < -0.39 is 0 Å². The molecule has 0 saturated carbocycles. The maximum absolute atomic E-state index is 12.0. The van der Waals surface area contributed by atoms with Gasteiger partial charge in [0.15, 0.2) is 0 Å². The predicted molar refractivity (Wildman–Crippen MR) is 85.3 cm³/mol. The van der Waals surface area contributed by atoms with Crippen LogP contribution in [0, 0.1) is 11.3 Å². The van der Waals surface area contributed by atoms with E-state index in [1.807, 2.05) is 18.2 Å². The Labute approximate surface area is 128 Å². The molecule has 1 aliphatic heterocycles. The summed E-state index contributed by atoms with van der Waals surface area (Å²) in [6.07, 6.45) is 2.56. The normalized spacial score (nSPS) is 17.7. The van der Waals surface area contributed by atoms with Gasteiger partial charge in [-0.15, -0.1) is 0 Å². The third-order valence-corrected chi connectivity index (χ3v) is 4.13. The van der Waals surface area contributed by atoms with Crippen LogP contribution in [0.1, 0.15) is 44.0 Å². The van der Waals surface area contributed by atoms with Crippen LogP contribution in [0.4, 0.5) is 0 Å². The zero-order valence-electron chi connectivity index (χ0n) is 13.5. The molecule has 0 unspecified atom stereocenters. The molecule has 0 spiro atoms. The summed E-state index contributed by atoms with van der Waals surface area (Å²) in [6.45, 7) is 10.4. The van der Waals surface area contributed by atoms with Crippen molar-refractivity contribution in [3.8, 4) is 0 Å². The largest absolute Gasteiger partial charge is 0.461 e. The van der Waals surface area contributed by atoms with Crippen LogP contribution in [0.5, 0.6) is 0 Å². The van der Waals surface area contributed by atoms with Crippen LogP contribution in [-0.4, -0.2) is 37.1 Å². The van der Waals surface area contributed by atoms with Gasteiger partial charge in [-0.05, 0) is 44.0 Å². The zero-order valence-corrected chi connectivity index (χ0v) is 13.5. The number of nitrogens with zero attached hydrogens (tertiary/aromatic N) is 1. The highest BCUT2D eigenvalue weighted by Gasteiger charge is 2.26. The van der Waals surface area contributed by atoms with Crippen LogP contribution < -0.4 is 0 Å². The number of rotatable bonds is 5. The molecule has 0 amide bonds. The molecule has 0 radical (unpaired) electrons. The number of hydrogen-bond donors (Lipinski definition) is 0. The summed E-state index contributed by atoms with van der Waals surface area (Å²) in [7, 11) is 0. The SMILES string of the molecule is CC1CCN(CC(C)(C)COC(=O)c2ccccc2)CC1. The van der Waals surface area contributed by atoms with Gasteiger partial charge < -0.3 is 9.64 Å². The highest BCUT2D eigenvalue weighted by Crippen LogP contribution is 2.23. The molecule has 1 aliphatic rings. The van der Waals surface area contributed by atoms with Gasteiger partial charge in [0.05, 0.1) is 12.2 Å². The Morgan fingerprint density at radius 3 is 2.48 bits per heavy atom. The smallest absolute Gasteiger partial charge is 0.338 e. The van der Waals surface area contributed by atoms with E-state index in [1.165, 1.54) is 12.8 Å². The molecule has 21 heavy (non-hydrogen) atoms. The molecule has 1 aromatic rings. The molecule has 0 aromatic heterocycles. The Balaban J connectivity index is 1.79. The highest BCUT2D eigenvalue weighted by atomic mass is 16.5. The van der Waals surface area contributed by atoms with Gasteiger partial charge in [-0.1, -0.05) is 39.0 Å². The summed E-state index contributed by atoms with van der Waals surface area (Å²) in [5.74, 6) is 0.621. The van der Waals surface area contributed by atoms with Gasteiger partial charge in [0.25, 0.3) is 0 Å². The first-order valence-electron chi connectivity index (χ1n) is 7.91. The number of hydrogen-bond acceptors (Lipinski definition) is 3. The highest BCUT2D eigenvalue weighted by molar-refractivity contribution is 5.89. The fourth-order valence-electron chi connectivity index (χ4n) is 2.79. The van der Waals surface area contributed by atoms with E-state index in [2.05, 4.69) is 25.7 Å². The second-order valence-electron chi connectivity index (χ2n) is 7.07. The fraction of sp³-hybridized carbons (Fsp3) is 0.611. The Hall–Kier alpha value is -1.35. The van der Waals surface area contributed by atoms with Crippen LogP contribution >= 0.6 is 0 Å². The van der Waals surface area contributed by atoms with E-state index in [9.17, 15) is 4.79 Å². The number of likely N-dealkylation sites (tertiary alicyclic amines) is 1. The molecule has 3 nitrogen and oxygen atoms in total. The number of carbonyl (C=O) groups is 1. The molecule has 3 heteroatoms. The van der Waals surface area contributed by atoms with Crippen LogP contribution in [-0.2, 0) is 4.74 Å². The Kier molecular flexibility index (Phi) is 5.40. The monoisotopic (exact) mass is 289 g/mol. The lowest BCUT2D eigenvalue weighted by atomic mass is 9.91. The summed E-state index contributed by atoms with van der Waals surface area (Å²) < 4.78 is 5.49. The van der Waals surface area contributed by atoms with Gasteiger partial charge in [-0.3, -0.25) is 0 Å². The minimum absolute atomic E-state index is 0.00891. The van der Waals surface area contributed by atoms with E-state index in [1.54, 1.807) is 12.1 Å². The number of piperidine rings is 1. The molecule has 0 N–H and O–H groups in total. The standard InChI is InChI=1S/C18H27NO2/c1-15-9-11-19(12-10-15)13-18(2,3)14-21-17(20)16-7-5-4-6-8-16/h4-8,15H,9-14H2,1-3H3. The van der Waals surface area contributed by atoms with Crippen LogP contribution in [0.2, 0.25) is 0 Å². The molecule has 0 atom stereocenters. The van der Waals surface area contributed by atoms with Crippen molar-refractivity contribution in [2.75, 3.05) is 26.2 Å². The third-order valence-electron chi connectivity index (χ3n) is 4.13. The van der Waals surface area contributed by atoms with Crippen molar-refractivity contribution in [1.82, 2.24) is 4.90 Å². The second kappa shape index (κ2) is 7.08. The van der Waals surface area contributed by atoms with Crippen LogP contribution in [0.15, 0.2) is 30.3 Å². The summed E-state index contributed by atoms with van der Waals surface area (Å²) in [6, 6.07) is 9.20. The van der Waals surface area contributed by atoms with E-state index in [-0.39, 0.29) is 11.4 Å². The zero-order chi connectivity index (χ0) is 15.3. The fourth-order valence-corrected chi connectivity index (χ4v) is 2.79.